The molecule has 4 atom stereocenters. The van der Waals surface area contributed by atoms with Crippen molar-refractivity contribution >= 4 is 40.0 Å². The summed E-state index contributed by atoms with van der Waals surface area (Å²) in [5.74, 6) is -1.88. The molecule has 0 unspecified atom stereocenters. The van der Waals surface area contributed by atoms with E-state index in [1.54, 1.807) is 41.0 Å². The number of aromatic nitrogens is 2. The molecule has 2 saturated heterocycles. The Balaban J connectivity index is 1.45. The van der Waals surface area contributed by atoms with Crippen molar-refractivity contribution in [2.45, 2.75) is 32.4 Å². The molecule has 4 aromatic rings. The van der Waals surface area contributed by atoms with Crippen LogP contribution in [0.3, 0.4) is 0 Å². The van der Waals surface area contributed by atoms with Crippen LogP contribution in [0.15, 0.2) is 77.6 Å². The summed E-state index contributed by atoms with van der Waals surface area (Å²) >= 11 is 0. The Bertz CT molecular complexity index is 1810. The number of hydrogen-bond acceptors (Lipinski definition) is 6. The Hall–Kier alpha value is -4.63. The highest BCUT2D eigenvalue weighted by Gasteiger charge is 2.70. The standard InChI is InChI=1S/C31H27N5O4/c1-16(2)26-24-25(29(40)35(28(24)39)19-14-12-18(13-15-19)32-17(3)37)31(34-26)21-9-5-7-11-23(21)36-27(38)20-8-4-6-10-22(20)33-30(31)36/h4-16,24-26,34H,1-3H3,(H,32,37)/t24-,25-,26+,31+/m1/s1. The molecule has 0 bridgehead atoms. The van der Waals surface area contributed by atoms with Crippen molar-refractivity contribution in [3.8, 4) is 5.69 Å². The first-order valence-corrected chi connectivity index (χ1v) is 13.4. The highest BCUT2D eigenvalue weighted by atomic mass is 16.2. The molecule has 9 nitrogen and oxygen atoms in total. The molecule has 200 valence electrons. The number of carbonyl (C=O) groups excluding carboxylic acids is 3. The summed E-state index contributed by atoms with van der Waals surface area (Å²) in [7, 11) is 0. The fourth-order valence-electron chi connectivity index (χ4n) is 6.88. The van der Waals surface area contributed by atoms with E-state index >= 15 is 0 Å². The van der Waals surface area contributed by atoms with Crippen LogP contribution in [0.1, 0.15) is 32.2 Å². The largest absolute Gasteiger partial charge is 0.326 e. The number of fused-ring (bicyclic) bond motifs is 8. The minimum Gasteiger partial charge on any atom is -0.326 e. The van der Waals surface area contributed by atoms with E-state index in [1.807, 2.05) is 50.2 Å². The summed E-state index contributed by atoms with van der Waals surface area (Å²) in [6, 6.07) is 21.1. The number of anilines is 2. The van der Waals surface area contributed by atoms with E-state index in [0.29, 0.717) is 33.8 Å². The first-order chi connectivity index (χ1) is 19.2. The zero-order chi connectivity index (χ0) is 27.9. The second kappa shape index (κ2) is 8.43. The van der Waals surface area contributed by atoms with Gasteiger partial charge in [0.15, 0.2) is 0 Å². The molecular formula is C31H27N5O4. The molecule has 3 aromatic carbocycles. The van der Waals surface area contributed by atoms with Crippen molar-refractivity contribution in [3.63, 3.8) is 0 Å². The fraction of sp³-hybridized carbons (Fsp3) is 0.258. The Morgan fingerprint density at radius 3 is 2.38 bits per heavy atom. The van der Waals surface area contributed by atoms with Crippen molar-refractivity contribution < 1.29 is 14.4 Å². The van der Waals surface area contributed by atoms with Gasteiger partial charge in [-0.15, -0.1) is 0 Å². The lowest BCUT2D eigenvalue weighted by Gasteiger charge is -2.32. The summed E-state index contributed by atoms with van der Waals surface area (Å²) in [4.78, 5) is 60.2. The van der Waals surface area contributed by atoms with Crippen LogP contribution in [0.5, 0.6) is 0 Å². The molecule has 0 aliphatic carbocycles. The summed E-state index contributed by atoms with van der Waals surface area (Å²) < 4.78 is 1.60. The van der Waals surface area contributed by atoms with E-state index in [2.05, 4.69) is 10.6 Å². The van der Waals surface area contributed by atoms with Crippen molar-refractivity contribution in [2.24, 2.45) is 17.8 Å². The third kappa shape index (κ3) is 3.09. The maximum atomic E-state index is 14.4. The van der Waals surface area contributed by atoms with Crippen molar-refractivity contribution in [1.82, 2.24) is 14.9 Å². The van der Waals surface area contributed by atoms with E-state index in [9.17, 15) is 19.2 Å². The molecule has 3 amide bonds. The predicted molar refractivity (Wildman–Crippen MR) is 150 cm³/mol. The fourth-order valence-corrected chi connectivity index (χ4v) is 6.88. The van der Waals surface area contributed by atoms with Gasteiger partial charge < -0.3 is 5.32 Å². The highest BCUT2D eigenvalue weighted by Crippen LogP contribution is 2.56. The number of imide groups is 1. The Kier molecular flexibility index (Phi) is 5.15. The second-order valence-electron chi connectivity index (χ2n) is 11.1. The first kappa shape index (κ1) is 24.4. The molecule has 9 heteroatoms. The summed E-state index contributed by atoms with van der Waals surface area (Å²) in [5, 5.41) is 6.90. The average molecular weight is 534 g/mol. The first-order valence-electron chi connectivity index (χ1n) is 13.4. The summed E-state index contributed by atoms with van der Waals surface area (Å²) in [6.45, 7) is 5.47. The number of amides is 3. The van der Waals surface area contributed by atoms with Gasteiger partial charge >= 0.3 is 0 Å². The number of carbonyl (C=O) groups is 3. The molecule has 2 fully saturated rings. The molecule has 1 spiro atoms. The number of nitrogens with one attached hydrogen (secondary N) is 2. The van der Waals surface area contributed by atoms with Gasteiger partial charge in [0, 0.05) is 24.2 Å². The predicted octanol–water partition coefficient (Wildman–Crippen LogP) is 3.33. The normalized spacial score (nSPS) is 24.6. The zero-order valence-electron chi connectivity index (χ0n) is 22.2. The molecule has 1 aromatic heterocycles. The zero-order valence-corrected chi connectivity index (χ0v) is 22.2. The minimum atomic E-state index is -1.17. The molecule has 3 aliphatic heterocycles. The molecule has 4 heterocycles. The van der Waals surface area contributed by atoms with Crippen LogP contribution in [0.2, 0.25) is 0 Å². The molecule has 2 N–H and O–H groups in total. The number of benzene rings is 3. The lowest BCUT2D eigenvalue weighted by Crippen LogP contribution is -2.51. The van der Waals surface area contributed by atoms with Gasteiger partial charge in [-0.1, -0.05) is 44.2 Å². The van der Waals surface area contributed by atoms with Crippen molar-refractivity contribution in [1.29, 1.82) is 0 Å². The van der Waals surface area contributed by atoms with E-state index in [0.717, 1.165) is 5.56 Å². The van der Waals surface area contributed by atoms with Crippen LogP contribution >= 0.6 is 0 Å². The Labute approximate surface area is 229 Å². The molecule has 7 rings (SSSR count). The summed E-state index contributed by atoms with van der Waals surface area (Å²) in [6.07, 6.45) is 0. The third-order valence-electron chi connectivity index (χ3n) is 8.46. The van der Waals surface area contributed by atoms with E-state index < -0.39 is 17.4 Å². The maximum absolute atomic E-state index is 14.4. The lowest BCUT2D eigenvalue weighted by molar-refractivity contribution is -0.123. The van der Waals surface area contributed by atoms with Crippen LogP contribution in [0.25, 0.3) is 16.6 Å². The van der Waals surface area contributed by atoms with Crippen molar-refractivity contribution in [3.05, 3.63) is 94.5 Å². The molecule has 40 heavy (non-hydrogen) atoms. The summed E-state index contributed by atoms with van der Waals surface area (Å²) in [5.41, 5.74) is 1.59. The van der Waals surface area contributed by atoms with E-state index in [4.69, 9.17) is 4.98 Å². The molecule has 0 saturated carbocycles. The smallest absolute Gasteiger partial charge is 0.266 e. The van der Waals surface area contributed by atoms with Crippen LogP contribution in [-0.4, -0.2) is 33.3 Å². The van der Waals surface area contributed by atoms with Crippen LogP contribution in [0, 0.1) is 17.8 Å². The molecular weight excluding hydrogens is 506 g/mol. The van der Waals surface area contributed by atoms with Crippen LogP contribution in [-0.2, 0) is 19.9 Å². The van der Waals surface area contributed by atoms with Gasteiger partial charge in [0.1, 0.15) is 11.4 Å². The van der Waals surface area contributed by atoms with Gasteiger partial charge in [-0.2, -0.15) is 0 Å². The van der Waals surface area contributed by atoms with Crippen molar-refractivity contribution in [2.75, 3.05) is 10.2 Å². The average Bonchev–Trinajstić information content (AvgIpc) is 3.53. The number of nitrogens with zero attached hydrogens (tertiary/aromatic N) is 3. The quantitative estimate of drug-likeness (QED) is 0.391. The molecule has 0 radical (unpaired) electrons. The van der Waals surface area contributed by atoms with E-state index in [1.165, 1.54) is 11.8 Å². The highest BCUT2D eigenvalue weighted by molar-refractivity contribution is 6.23. The van der Waals surface area contributed by atoms with Gasteiger partial charge in [0.05, 0.1) is 34.1 Å². The molecule has 3 aliphatic rings. The SMILES string of the molecule is CC(=O)Nc1ccc(N2C(=O)[C@H]3[C@H](C(C)C)N[C@@]4(c5ccccc5-n5c4nc4ccccc4c5=O)[C@H]3C2=O)cc1. The monoisotopic (exact) mass is 533 g/mol. The minimum absolute atomic E-state index is 0.0131. The third-order valence-corrected chi connectivity index (χ3v) is 8.46. The topological polar surface area (TPSA) is 113 Å². The van der Waals surface area contributed by atoms with Gasteiger partial charge in [0.25, 0.3) is 5.56 Å². The maximum Gasteiger partial charge on any atom is 0.266 e. The van der Waals surface area contributed by atoms with Gasteiger partial charge in [-0.25, -0.2) is 9.88 Å². The number of para-hydroxylation sites is 2. The van der Waals surface area contributed by atoms with Crippen LogP contribution in [0.4, 0.5) is 11.4 Å². The second-order valence-corrected chi connectivity index (χ2v) is 11.1. The van der Waals surface area contributed by atoms with E-state index in [-0.39, 0.29) is 35.2 Å². The van der Waals surface area contributed by atoms with Gasteiger partial charge in [-0.3, -0.25) is 29.1 Å². The number of hydrogen-bond donors (Lipinski definition) is 2. The Morgan fingerprint density at radius 2 is 1.65 bits per heavy atom. The van der Waals surface area contributed by atoms with Gasteiger partial charge in [-0.05, 0) is 48.4 Å². The Morgan fingerprint density at radius 1 is 0.950 bits per heavy atom. The van der Waals surface area contributed by atoms with Crippen LogP contribution < -0.4 is 21.1 Å². The van der Waals surface area contributed by atoms with Gasteiger partial charge in [0.2, 0.25) is 17.7 Å². The lowest BCUT2D eigenvalue weighted by atomic mass is 9.75. The number of rotatable bonds is 3.